The quantitative estimate of drug-likeness (QED) is 0.695. The molecule has 1 aliphatic rings. The Labute approximate surface area is 176 Å². The van der Waals surface area contributed by atoms with Crippen LogP contribution in [0, 0.1) is 5.92 Å². The summed E-state index contributed by atoms with van der Waals surface area (Å²) < 4.78 is 27.2. The molecule has 1 aromatic heterocycles. The summed E-state index contributed by atoms with van der Waals surface area (Å²) in [6.07, 6.45) is 2.41. The zero-order valence-electron chi connectivity index (χ0n) is 17.0. The van der Waals surface area contributed by atoms with Gasteiger partial charge in [0.05, 0.1) is 10.6 Å². The fraction of sp³-hybridized carbons (Fsp3) is 0.500. The van der Waals surface area contributed by atoms with Crippen molar-refractivity contribution in [3.63, 3.8) is 0 Å². The lowest BCUT2D eigenvalue weighted by molar-refractivity contribution is 0.102. The number of likely N-dealkylation sites (tertiary alicyclic amines) is 1. The number of carbonyl (C=O) groups is 1. The average molecular weight is 437 g/mol. The van der Waals surface area contributed by atoms with Crippen molar-refractivity contribution in [2.24, 2.45) is 5.92 Å². The van der Waals surface area contributed by atoms with E-state index in [2.05, 4.69) is 26.8 Å². The summed E-state index contributed by atoms with van der Waals surface area (Å²) in [6, 6.07) is 5.78. The van der Waals surface area contributed by atoms with Crippen LogP contribution in [0.1, 0.15) is 49.7 Å². The molecule has 0 saturated carbocycles. The zero-order chi connectivity index (χ0) is 21.0. The number of aromatic nitrogens is 1. The summed E-state index contributed by atoms with van der Waals surface area (Å²) in [5.74, 6) is 0.408. The van der Waals surface area contributed by atoms with Gasteiger partial charge in [0.1, 0.15) is 0 Å². The van der Waals surface area contributed by atoms with Gasteiger partial charge in [-0.1, -0.05) is 13.0 Å². The molecule has 0 radical (unpaired) electrons. The molecule has 0 atom stereocenters. The average Bonchev–Trinajstić information content (AvgIpc) is 3.09. The number of nitrogens with one attached hydrogen (secondary N) is 2. The molecule has 9 heteroatoms. The standard InChI is InChI=1S/C20H28N4O3S2/c1-14(2)23-29(26,27)18-6-4-5-16(11-18)19(25)22-20-21-17(13-28-20)12-24-9-7-15(3)8-10-24/h4-6,11,13-15,23H,7-10,12H2,1-3H3,(H,21,22,25). The van der Waals surface area contributed by atoms with Gasteiger partial charge in [0.25, 0.3) is 5.91 Å². The minimum absolute atomic E-state index is 0.0676. The van der Waals surface area contributed by atoms with Crippen LogP contribution in [0.25, 0.3) is 0 Å². The molecule has 0 spiro atoms. The van der Waals surface area contributed by atoms with Gasteiger partial charge in [-0.05, 0) is 63.9 Å². The lowest BCUT2D eigenvalue weighted by Gasteiger charge is -2.29. The molecule has 2 N–H and O–H groups in total. The Morgan fingerprint density at radius 1 is 1.31 bits per heavy atom. The fourth-order valence-corrected chi connectivity index (χ4v) is 5.23. The normalized spacial score (nSPS) is 16.3. The molecule has 3 rings (SSSR count). The second-order valence-corrected chi connectivity index (χ2v) is 10.4. The maximum atomic E-state index is 12.6. The van der Waals surface area contributed by atoms with Gasteiger partial charge >= 0.3 is 0 Å². The number of carbonyl (C=O) groups excluding carboxylic acids is 1. The van der Waals surface area contributed by atoms with Crippen LogP contribution in [0.15, 0.2) is 34.5 Å². The minimum atomic E-state index is -3.65. The highest BCUT2D eigenvalue weighted by Crippen LogP contribution is 2.22. The highest BCUT2D eigenvalue weighted by molar-refractivity contribution is 7.89. The van der Waals surface area contributed by atoms with E-state index < -0.39 is 10.0 Å². The first-order chi connectivity index (χ1) is 13.7. The third kappa shape index (κ3) is 6.08. The molecule has 2 heterocycles. The van der Waals surface area contributed by atoms with Crippen LogP contribution in [0.3, 0.4) is 0 Å². The Kier molecular flexibility index (Phi) is 7.05. The summed E-state index contributed by atoms with van der Waals surface area (Å²) in [5, 5.41) is 5.25. The highest BCUT2D eigenvalue weighted by Gasteiger charge is 2.19. The SMILES string of the molecule is CC1CCN(Cc2csc(NC(=O)c3cccc(S(=O)(=O)NC(C)C)c3)n2)CC1. The molecule has 1 aromatic carbocycles. The Bertz CT molecular complexity index is 948. The van der Waals surface area contributed by atoms with Crippen LogP contribution >= 0.6 is 11.3 Å². The van der Waals surface area contributed by atoms with Crippen molar-refractivity contribution in [2.45, 2.75) is 51.1 Å². The van der Waals surface area contributed by atoms with Gasteiger partial charge in [-0.2, -0.15) is 0 Å². The van der Waals surface area contributed by atoms with Crippen LogP contribution in [0.2, 0.25) is 0 Å². The smallest absolute Gasteiger partial charge is 0.257 e. The third-order valence-corrected chi connectivity index (χ3v) is 7.29. The van der Waals surface area contributed by atoms with Crippen LogP contribution in [-0.2, 0) is 16.6 Å². The van der Waals surface area contributed by atoms with Gasteiger partial charge in [0.15, 0.2) is 5.13 Å². The van der Waals surface area contributed by atoms with E-state index in [0.717, 1.165) is 31.2 Å². The molecule has 158 valence electrons. The van der Waals surface area contributed by atoms with E-state index in [-0.39, 0.29) is 22.4 Å². The Balaban J connectivity index is 1.64. The van der Waals surface area contributed by atoms with Crippen LogP contribution in [0.5, 0.6) is 0 Å². The van der Waals surface area contributed by atoms with Crippen LogP contribution < -0.4 is 10.0 Å². The Morgan fingerprint density at radius 2 is 2.03 bits per heavy atom. The molecule has 1 aliphatic heterocycles. The Hall–Kier alpha value is -1.81. The molecule has 1 saturated heterocycles. The summed E-state index contributed by atoms with van der Waals surface area (Å²) in [6.45, 7) is 8.72. The number of piperidine rings is 1. The first-order valence-corrected chi connectivity index (χ1v) is 12.2. The molecular formula is C20H28N4O3S2. The predicted octanol–water partition coefficient (Wildman–Crippen LogP) is 3.31. The molecule has 0 aliphatic carbocycles. The summed E-state index contributed by atoms with van der Waals surface area (Å²) in [5.41, 5.74) is 1.22. The van der Waals surface area contributed by atoms with Crippen LogP contribution in [0.4, 0.5) is 5.13 Å². The lowest BCUT2D eigenvalue weighted by atomic mass is 9.99. The highest BCUT2D eigenvalue weighted by atomic mass is 32.2. The van der Waals surface area contributed by atoms with Gasteiger partial charge in [-0.25, -0.2) is 18.1 Å². The van der Waals surface area contributed by atoms with E-state index >= 15 is 0 Å². The second-order valence-electron chi connectivity index (χ2n) is 7.86. The molecule has 0 bridgehead atoms. The van der Waals surface area contributed by atoms with E-state index in [0.29, 0.717) is 5.13 Å². The maximum Gasteiger partial charge on any atom is 0.257 e. The van der Waals surface area contributed by atoms with E-state index in [9.17, 15) is 13.2 Å². The van der Waals surface area contributed by atoms with Gasteiger partial charge in [0, 0.05) is 23.5 Å². The monoisotopic (exact) mass is 436 g/mol. The van der Waals surface area contributed by atoms with Crippen molar-refractivity contribution < 1.29 is 13.2 Å². The third-order valence-electron chi connectivity index (χ3n) is 4.83. The molecule has 2 aromatic rings. The fourth-order valence-electron chi connectivity index (χ4n) is 3.24. The number of amides is 1. The summed E-state index contributed by atoms with van der Waals surface area (Å²) in [7, 11) is -3.65. The maximum absolute atomic E-state index is 12.6. The van der Waals surface area contributed by atoms with Crippen molar-refractivity contribution in [1.29, 1.82) is 0 Å². The van der Waals surface area contributed by atoms with Crippen molar-refractivity contribution in [3.05, 3.63) is 40.9 Å². The second kappa shape index (κ2) is 9.34. The van der Waals surface area contributed by atoms with Gasteiger partial charge in [0.2, 0.25) is 10.0 Å². The minimum Gasteiger partial charge on any atom is -0.298 e. The van der Waals surface area contributed by atoms with E-state index in [1.165, 1.54) is 36.3 Å². The largest absolute Gasteiger partial charge is 0.298 e. The number of sulfonamides is 1. The number of anilines is 1. The molecule has 1 fully saturated rings. The van der Waals surface area contributed by atoms with Crippen molar-refractivity contribution in [2.75, 3.05) is 18.4 Å². The predicted molar refractivity (Wildman–Crippen MR) is 116 cm³/mol. The molecular weight excluding hydrogens is 408 g/mol. The first-order valence-electron chi connectivity index (χ1n) is 9.83. The number of benzene rings is 1. The van der Waals surface area contributed by atoms with E-state index in [4.69, 9.17) is 0 Å². The number of nitrogens with zero attached hydrogens (tertiary/aromatic N) is 2. The summed E-state index contributed by atoms with van der Waals surface area (Å²) in [4.78, 5) is 19.5. The number of hydrogen-bond donors (Lipinski definition) is 2. The van der Waals surface area contributed by atoms with Gasteiger partial charge in [-0.15, -0.1) is 11.3 Å². The number of thiazole rings is 1. The summed E-state index contributed by atoms with van der Waals surface area (Å²) >= 11 is 1.38. The van der Waals surface area contributed by atoms with E-state index in [1.54, 1.807) is 26.0 Å². The van der Waals surface area contributed by atoms with Gasteiger partial charge < -0.3 is 0 Å². The lowest BCUT2D eigenvalue weighted by Crippen LogP contribution is -2.32. The molecule has 29 heavy (non-hydrogen) atoms. The number of hydrogen-bond acceptors (Lipinski definition) is 6. The first kappa shape index (κ1) is 21.9. The Morgan fingerprint density at radius 3 is 2.72 bits per heavy atom. The van der Waals surface area contributed by atoms with Crippen molar-refractivity contribution in [1.82, 2.24) is 14.6 Å². The van der Waals surface area contributed by atoms with Crippen LogP contribution in [-0.4, -0.2) is 43.3 Å². The van der Waals surface area contributed by atoms with E-state index in [1.807, 2.05) is 5.38 Å². The topological polar surface area (TPSA) is 91.4 Å². The molecule has 0 unspecified atom stereocenters. The molecule has 1 amide bonds. The molecule has 7 nitrogen and oxygen atoms in total. The van der Waals surface area contributed by atoms with Crippen molar-refractivity contribution >= 4 is 32.4 Å². The number of rotatable bonds is 7. The van der Waals surface area contributed by atoms with Crippen molar-refractivity contribution in [3.8, 4) is 0 Å². The van der Waals surface area contributed by atoms with Gasteiger partial charge in [-0.3, -0.25) is 15.0 Å². The zero-order valence-corrected chi connectivity index (χ0v) is 18.6.